The third kappa shape index (κ3) is 1.86. The molecule has 1 aliphatic rings. The summed E-state index contributed by atoms with van der Waals surface area (Å²) in [6.07, 6.45) is 4.98. The van der Waals surface area contributed by atoms with Gasteiger partial charge >= 0.3 is 0 Å². The Balaban J connectivity index is 2.02. The lowest BCUT2D eigenvalue weighted by atomic mass is 10.4. The molecule has 1 aliphatic heterocycles. The fourth-order valence-electron chi connectivity index (χ4n) is 2.27. The van der Waals surface area contributed by atoms with Crippen LogP contribution >= 0.6 is 11.8 Å². The van der Waals surface area contributed by atoms with E-state index in [-0.39, 0.29) is 0 Å². The molecule has 1 fully saturated rings. The molecular weight excluding hydrogens is 234 g/mol. The number of thioether (sulfide) groups is 1. The summed E-state index contributed by atoms with van der Waals surface area (Å²) < 4.78 is 1.83. The molecule has 1 atom stereocenters. The lowest BCUT2D eigenvalue weighted by Gasteiger charge is -2.19. The summed E-state index contributed by atoms with van der Waals surface area (Å²) in [6, 6.07) is 2.09. The minimum absolute atomic E-state index is 0.688. The maximum absolute atomic E-state index is 4.36. The van der Waals surface area contributed by atoms with Crippen molar-refractivity contribution in [2.45, 2.75) is 18.6 Å². The van der Waals surface area contributed by atoms with Gasteiger partial charge in [0, 0.05) is 30.1 Å². The lowest BCUT2D eigenvalue weighted by molar-refractivity contribution is 0.846. The molecule has 0 N–H and O–H groups in total. The van der Waals surface area contributed by atoms with E-state index in [1.807, 2.05) is 23.2 Å². The monoisotopic (exact) mass is 249 g/mol. The predicted octanol–water partition coefficient (Wildman–Crippen LogP) is 1.37. The van der Waals surface area contributed by atoms with Crippen molar-refractivity contribution >= 4 is 23.4 Å². The smallest absolute Gasteiger partial charge is 0.254 e. The molecule has 6 heteroatoms. The van der Waals surface area contributed by atoms with E-state index >= 15 is 0 Å². The number of anilines is 1. The number of hydrogen-bond acceptors (Lipinski definition) is 5. The molecule has 0 amide bonds. The van der Waals surface area contributed by atoms with Gasteiger partial charge in [0.2, 0.25) is 0 Å². The molecule has 0 aromatic carbocycles. The zero-order chi connectivity index (χ0) is 11.8. The molecule has 1 saturated heterocycles. The third-order valence-electron chi connectivity index (χ3n) is 3.16. The van der Waals surface area contributed by atoms with Gasteiger partial charge in [-0.2, -0.15) is 26.4 Å². The minimum Gasteiger partial charge on any atom is -0.355 e. The highest BCUT2D eigenvalue weighted by Crippen LogP contribution is 2.25. The van der Waals surface area contributed by atoms with Gasteiger partial charge in [-0.15, -0.1) is 0 Å². The molecule has 2 aromatic heterocycles. The molecule has 2 aromatic rings. The molecule has 0 aliphatic carbocycles. The first-order valence-corrected chi connectivity index (χ1v) is 7.02. The van der Waals surface area contributed by atoms with E-state index in [4.69, 9.17) is 0 Å². The molecule has 1 unspecified atom stereocenters. The van der Waals surface area contributed by atoms with Crippen LogP contribution in [0.4, 0.5) is 5.82 Å². The van der Waals surface area contributed by atoms with Gasteiger partial charge in [-0.1, -0.05) is 0 Å². The molecule has 3 rings (SSSR count). The number of hydrogen-bond donors (Lipinski definition) is 0. The number of nitrogens with zero attached hydrogens (tertiary/aromatic N) is 5. The Bertz CT molecular complexity index is 538. The molecule has 17 heavy (non-hydrogen) atoms. The van der Waals surface area contributed by atoms with Gasteiger partial charge in [0.05, 0.1) is 0 Å². The highest BCUT2D eigenvalue weighted by atomic mass is 32.2. The summed E-state index contributed by atoms with van der Waals surface area (Å²) in [4.78, 5) is 10.9. The Labute approximate surface area is 104 Å². The van der Waals surface area contributed by atoms with E-state index in [1.165, 1.54) is 6.42 Å². The van der Waals surface area contributed by atoms with Crippen LogP contribution in [0.5, 0.6) is 0 Å². The molecule has 0 saturated carbocycles. The van der Waals surface area contributed by atoms with Crippen LogP contribution in [0.25, 0.3) is 5.78 Å². The second kappa shape index (κ2) is 4.18. The van der Waals surface area contributed by atoms with E-state index < -0.39 is 0 Å². The molecule has 5 nitrogen and oxygen atoms in total. The highest BCUT2D eigenvalue weighted by Gasteiger charge is 2.24. The van der Waals surface area contributed by atoms with Crippen LogP contribution in [0.2, 0.25) is 0 Å². The van der Waals surface area contributed by atoms with E-state index in [1.54, 1.807) is 6.33 Å². The zero-order valence-corrected chi connectivity index (χ0v) is 10.8. The van der Waals surface area contributed by atoms with Gasteiger partial charge in [0.15, 0.2) is 0 Å². The predicted molar refractivity (Wildman–Crippen MR) is 69.7 cm³/mol. The second-order valence-electron chi connectivity index (χ2n) is 4.32. The summed E-state index contributed by atoms with van der Waals surface area (Å²) in [5.74, 6) is 1.80. The van der Waals surface area contributed by atoms with Crippen LogP contribution in [0.3, 0.4) is 0 Å². The van der Waals surface area contributed by atoms with Crippen molar-refractivity contribution in [3.05, 3.63) is 18.1 Å². The average Bonchev–Trinajstić information content (AvgIpc) is 2.95. The van der Waals surface area contributed by atoms with Crippen LogP contribution in [-0.2, 0) is 0 Å². The fourth-order valence-corrected chi connectivity index (χ4v) is 2.94. The van der Waals surface area contributed by atoms with E-state index in [2.05, 4.69) is 32.3 Å². The van der Waals surface area contributed by atoms with E-state index in [9.17, 15) is 0 Å². The van der Waals surface area contributed by atoms with E-state index in [0.717, 1.165) is 29.9 Å². The van der Waals surface area contributed by atoms with Gasteiger partial charge in [0.25, 0.3) is 5.78 Å². The summed E-state index contributed by atoms with van der Waals surface area (Å²) in [5, 5.41) is 4.97. The van der Waals surface area contributed by atoms with Gasteiger partial charge in [0.1, 0.15) is 12.1 Å². The third-order valence-corrected chi connectivity index (χ3v) is 4.21. The Kier molecular flexibility index (Phi) is 2.66. The van der Waals surface area contributed by atoms with Crippen molar-refractivity contribution in [2.75, 3.05) is 24.2 Å². The normalized spacial score (nSPS) is 20.4. The Morgan fingerprint density at radius 3 is 3.12 bits per heavy atom. The molecule has 0 spiro atoms. The van der Waals surface area contributed by atoms with Crippen molar-refractivity contribution in [1.82, 2.24) is 19.6 Å². The molecule has 3 heterocycles. The standard InChI is InChI=1S/C11H15N5S/c1-8-5-10(15-4-3-9(6-15)17-2)16-11(14-8)12-7-13-16/h5,7,9H,3-4,6H2,1-2H3. The average molecular weight is 249 g/mol. The first-order valence-electron chi connectivity index (χ1n) is 5.73. The molecule has 0 radical (unpaired) electrons. The van der Waals surface area contributed by atoms with Gasteiger partial charge in [-0.3, -0.25) is 0 Å². The zero-order valence-electron chi connectivity index (χ0n) is 10.00. The van der Waals surface area contributed by atoms with Crippen molar-refractivity contribution in [3.8, 4) is 0 Å². The maximum atomic E-state index is 4.36. The quantitative estimate of drug-likeness (QED) is 0.804. The minimum atomic E-state index is 0.688. The summed E-state index contributed by atoms with van der Waals surface area (Å²) in [7, 11) is 0. The maximum Gasteiger partial charge on any atom is 0.254 e. The van der Waals surface area contributed by atoms with Crippen molar-refractivity contribution in [1.29, 1.82) is 0 Å². The molecular formula is C11H15N5S. The lowest BCUT2D eigenvalue weighted by Crippen LogP contribution is -2.23. The van der Waals surface area contributed by atoms with Gasteiger partial charge < -0.3 is 4.90 Å². The summed E-state index contributed by atoms with van der Waals surface area (Å²) in [5.41, 5.74) is 0.994. The summed E-state index contributed by atoms with van der Waals surface area (Å²) >= 11 is 1.94. The number of rotatable bonds is 2. The topological polar surface area (TPSA) is 46.3 Å². The van der Waals surface area contributed by atoms with Gasteiger partial charge in [-0.25, -0.2) is 4.98 Å². The van der Waals surface area contributed by atoms with E-state index in [0.29, 0.717) is 5.78 Å². The highest BCUT2D eigenvalue weighted by molar-refractivity contribution is 7.99. The first kappa shape index (κ1) is 10.8. The Morgan fingerprint density at radius 2 is 2.35 bits per heavy atom. The van der Waals surface area contributed by atoms with Crippen molar-refractivity contribution in [3.63, 3.8) is 0 Å². The van der Waals surface area contributed by atoms with Crippen molar-refractivity contribution in [2.24, 2.45) is 0 Å². The largest absolute Gasteiger partial charge is 0.355 e. The van der Waals surface area contributed by atoms with Crippen LogP contribution in [0.1, 0.15) is 12.1 Å². The van der Waals surface area contributed by atoms with Crippen LogP contribution in [0, 0.1) is 6.92 Å². The number of aromatic nitrogens is 4. The fraction of sp³-hybridized carbons (Fsp3) is 0.545. The van der Waals surface area contributed by atoms with Crippen LogP contribution < -0.4 is 4.90 Å². The number of aryl methyl sites for hydroxylation is 1. The number of fused-ring (bicyclic) bond motifs is 1. The summed E-state index contributed by atoms with van der Waals surface area (Å²) in [6.45, 7) is 4.17. The SMILES string of the molecule is CSC1CCN(c2cc(C)nc3ncnn23)C1. The first-order chi connectivity index (χ1) is 8.28. The Hall–Kier alpha value is -1.30. The molecule has 90 valence electrons. The van der Waals surface area contributed by atoms with Crippen molar-refractivity contribution < 1.29 is 0 Å². The van der Waals surface area contributed by atoms with Crippen LogP contribution in [-0.4, -0.2) is 44.2 Å². The molecule has 0 bridgehead atoms. The van der Waals surface area contributed by atoms with Gasteiger partial charge in [-0.05, 0) is 19.6 Å². The van der Waals surface area contributed by atoms with Crippen LogP contribution in [0.15, 0.2) is 12.4 Å². The Morgan fingerprint density at radius 1 is 1.47 bits per heavy atom. The second-order valence-corrected chi connectivity index (χ2v) is 5.46.